The van der Waals surface area contributed by atoms with Gasteiger partial charge in [-0.1, -0.05) is 64.5 Å². The highest BCUT2D eigenvalue weighted by atomic mass is 79.9. The Bertz CT molecular complexity index is 1680. The minimum absolute atomic E-state index is 0.105. The highest BCUT2D eigenvalue weighted by molar-refractivity contribution is 9.09. The first kappa shape index (κ1) is 31.4. The van der Waals surface area contributed by atoms with Crippen LogP contribution in [0.4, 0.5) is 5.69 Å². The fourth-order valence-electron chi connectivity index (χ4n) is 7.23. The molecule has 4 aliphatic rings. The van der Waals surface area contributed by atoms with E-state index >= 15 is 0 Å². The van der Waals surface area contributed by atoms with E-state index in [-0.39, 0.29) is 47.4 Å². The van der Waals surface area contributed by atoms with Crippen LogP contribution in [0.3, 0.4) is 0 Å². The van der Waals surface area contributed by atoms with Crippen LogP contribution in [-0.2, 0) is 19.2 Å². The number of phenolic OH excluding ortho intramolecular Hbond substituents is 1. The number of hydrogen-bond acceptors (Lipinski definition) is 7. The summed E-state index contributed by atoms with van der Waals surface area (Å²) in [5.74, 6) is -4.93. The molecule has 0 aromatic heterocycles. The number of benzene rings is 2. The zero-order chi connectivity index (χ0) is 32.4. The molecule has 12 heteroatoms. The molecule has 1 N–H and O–H groups in total. The Kier molecular flexibility index (Phi) is 7.90. The summed E-state index contributed by atoms with van der Waals surface area (Å²) in [5.41, 5.74) is 2.39. The van der Waals surface area contributed by atoms with Crippen LogP contribution >= 0.6 is 39.1 Å². The predicted octanol–water partition coefficient (Wildman–Crippen LogP) is 5.51. The Morgan fingerprint density at radius 2 is 1.64 bits per heavy atom. The van der Waals surface area contributed by atoms with Gasteiger partial charge in [0, 0.05) is 5.92 Å². The summed E-state index contributed by atoms with van der Waals surface area (Å²) < 4.78 is 10.6. The summed E-state index contributed by atoms with van der Waals surface area (Å²) in [6, 6.07) is 10.1. The van der Waals surface area contributed by atoms with Gasteiger partial charge < -0.3 is 14.6 Å². The van der Waals surface area contributed by atoms with Gasteiger partial charge in [0.15, 0.2) is 21.2 Å². The first-order valence-electron chi connectivity index (χ1n) is 14.2. The lowest BCUT2D eigenvalue weighted by atomic mass is 9.57. The summed E-state index contributed by atoms with van der Waals surface area (Å²) in [7, 11) is 2.81. The van der Waals surface area contributed by atoms with Gasteiger partial charge >= 0.3 is 0 Å². The number of phenols is 1. The molecule has 2 aromatic rings. The van der Waals surface area contributed by atoms with Crippen molar-refractivity contribution in [3.8, 4) is 17.2 Å². The van der Waals surface area contributed by atoms with E-state index in [0.717, 1.165) is 10.5 Å². The SMILES string of the molecule is C=Cc1ccc(N2C(=O)C3CC=C4C(CC5(Cl)C(=O)N(CBr)C(=O)C5(Cl)C4C=Cc4cc(OC)c(O)c(OC)c4)C3C2=O)cc1. The molecule has 0 radical (unpaired) electrons. The van der Waals surface area contributed by atoms with Crippen LogP contribution in [0.25, 0.3) is 12.2 Å². The average Bonchev–Trinajstić information content (AvgIpc) is 3.38. The molecule has 0 bridgehead atoms. The third kappa shape index (κ3) is 4.40. The largest absolute Gasteiger partial charge is 0.502 e. The van der Waals surface area contributed by atoms with Gasteiger partial charge in [0.1, 0.15) is 0 Å². The van der Waals surface area contributed by atoms with Gasteiger partial charge in [-0.25, -0.2) is 0 Å². The summed E-state index contributed by atoms with van der Waals surface area (Å²) in [4.78, 5) is 53.8. The predicted molar refractivity (Wildman–Crippen MR) is 173 cm³/mol. The number of carbonyl (C=O) groups is 4. The number of alkyl halides is 3. The molecule has 4 amide bonds. The number of nitrogens with zero attached hydrogens (tertiary/aromatic N) is 2. The summed E-state index contributed by atoms with van der Waals surface area (Å²) in [6.45, 7) is 3.75. The standard InChI is InChI=1S/C33H29BrCl2N2O7/c1-4-17-5-8-19(9-6-17)38-28(40)21-11-10-20-22(26(21)29(38)41)15-32(35)30(42)37(16-34)31(43)33(32,36)23(20)12-7-18-13-24(44-2)27(39)25(14-18)45-3/h4-10,12-14,21-23,26,39H,1,11,15-16H2,2-3H3. The zero-order valence-electron chi connectivity index (χ0n) is 24.3. The van der Waals surface area contributed by atoms with Crippen molar-refractivity contribution in [3.63, 3.8) is 0 Å². The van der Waals surface area contributed by atoms with Crippen molar-refractivity contribution in [2.75, 3.05) is 24.6 Å². The van der Waals surface area contributed by atoms with E-state index in [1.54, 1.807) is 54.6 Å². The minimum atomic E-state index is -1.91. The fraction of sp³-hybridized carbons (Fsp3) is 0.333. The van der Waals surface area contributed by atoms with E-state index in [1.807, 2.05) is 6.08 Å². The third-order valence-electron chi connectivity index (χ3n) is 9.44. The van der Waals surface area contributed by atoms with Gasteiger partial charge in [0.05, 0.1) is 37.2 Å². The Labute approximate surface area is 278 Å². The molecule has 6 unspecified atom stereocenters. The molecular formula is C33H29BrCl2N2O7. The smallest absolute Gasteiger partial charge is 0.254 e. The van der Waals surface area contributed by atoms with Crippen molar-refractivity contribution in [2.45, 2.75) is 22.6 Å². The quantitative estimate of drug-likeness (QED) is 0.174. The molecule has 234 valence electrons. The Hall–Kier alpha value is -3.60. The first-order valence-corrected chi connectivity index (χ1v) is 16.1. The molecule has 2 saturated heterocycles. The number of ether oxygens (including phenoxy) is 2. The van der Waals surface area contributed by atoms with E-state index in [0.29, 0.717) is 16.8 Å². The molecule has 2 aliphatic heterocycles. The second-order valence-corrected chi connectivity index (χ2v) is 13.2. The number of methoxy groups -OCH3 is 2. The molecular weight excluding hydrogens is 687 g/mol. The molecule has 3 fully saturated rings. The Morgan fingerprint density at radius 1 is 1.00 bits per heavy atom. The molecule has 2 aromatic carbocycles. The average molecular weight is 716 g/mol. The van der Waals surface area contributed by atoms with Crippen molar-refractivity contribution in [3.05, 3.63) is 71.8 Å². The molecule has 6 atom stereocenters. The molecule has 2 heterocycles. The van der Waals surface area contributed by atoms with E-state index in [1.165, 1.54) is 19.1 Å². The van der Waals surface area contributed by atoms with Crippen LogP contribution < -0.4 is 14.4 Å². The van der Waals surface area contributed by atoms with Crippen LogP contribution in [-0.4, -0.2) is 63.1 Å². The van der Waals surface area contributed by atoms with Crippen LogP contribution in [0, 0.1) is 23.7 Å². The maximum absolute atomic E-state index is 14.1. The molecule has 2 aliphatic carbocycles. The number of carbonyl (C=O) groups excluding carboxylic acids is 4. The highest BCUT2D eigenvalue weighted by Crippen LogP contribution is 2.63. The molecule has 1 saturated carbocycles. The summed E-state index contributed by atoms with van der Waals surface area (Å²) >= 11 is 17.7. The topological polar surface area (TPSA) is 113 Å². The number of allylic oxidation sites excluding steroid dienone is 3. The molecule has 9 nitrogen and oxygen atoms in total. The number of halogens is 3. The maximum atomic E-state index is 14.1. The van der Waals surface area contributed by atoms with Crippen LogP contribution in [0.5, 0.6) is 17.2 Å². The second kappa shape index (κ2) is 11.3. The molecule has 6 rings (SSSR count). The van der Waals surface area contributed by atoms with Crippen LogP contribution in [0.2, 0.25) is 0 Å². The minimum Gasteiger partial charge on any atom is -0.502 e. The number of likely N-dealkylation sites (tertiary alicyclic amines) is 1. The number of imide groups is 2. The molecule has 0 spiro atoms. The number of aromatic hydroxyl groups is 1. The van der Waals surface area contributed by atoms with E-state index < -0.39 is 45.2 Å². The first-order chi connectivity index (χ1) is 21.5. The number of anilines is 1. The monoisotopic (exact) mass is 714 g/mol. The Morgan fingerprint density at radius 3 is 2.22 bits per heavy atom. The van der Waals surface area contributed by atoms with Gasteiger partial charge in [0.25, 0.3) is 11.8 Å². The third-order valence-corrected chi connectivity index (χ3v) is 11.4. The second-order valence-electron chi connectivity index (χ2n) is 11.5. The summed E-state index contributed by atoms with van der Waals surface area (Å²) in [5, 5.41) is 10.4. The normalized spacial score (nSPS) is 30.7. The van der Waals surface area contributed by atoms with Gasteiger partial charge in [-0.3, -0.25) is 29.0 Å². The van der Waals surface area contributed by atoms with Gasteiger partial charge in [-0.15, -0.1) is 23.2 Å². The maximum Gasteiger partial charge on any atom is 0.254 e. The van der Waals surface area contributed by atoms with Crippen LogP contribution in [0.15, 0.2) is 60.7 Å². The van der Waals surface area contributed by atoms with E-state index in [9.17, 15) is 24.3 Å². The van der Waals surface area contributed by atoms with Crippen LogP contribution in [0.1, 0.15) is 24.0 Å². The Balaban J connectivity index is 1.46. The van der Waals surface area contributed by atoms with E-state index in [4.69, 9.17) is 32.7 Å². The number of amides is 4. The van der Waals surface area contributed by atoms with Gasteiger partial charge in [0.2, 0.25) is 17.6 Å². The number of rotatable bonds is 7. The fourth-order valence-corrected chi connectivity index (χ4v) is 8.61. The lowest BCUT2D eigenvalue weighted by Gasteiger charge is -2.49. The molecule has 45 heavy (non-hydrogen) atoms. The van der Waals surface area contributed by atoms with Gasteiger partial charge in [-0.2, -0.15) is 0 Å². The zero-order valence-corrected chi connectivity index (χ0v) is 27.4. The van der Waals surface area contributed by atoms with Crippen molar-refractivity contribution < 1.29 is 33.8 Å². The lowest BCUT2D eigenvalue weighted by Crippen LogP contribution is -2.60. The lowest BCUT2D eigenvalue weighted by molar-refractivity contribution is -0.138. The number of fused-ring (bicyclic) bond motifs is 4. The number of hydrogen-bond donors (Lipinski definition) is 1. The van der Waals surface area contributed by atoms with Crippen molar-refractivity contribution in [1.82, 2.24) is 4.90 Å². The summed E-state index contributed by atoms with van der Waals surface area (Å²) in [6.07, 6.45) is 7.04. The van der Waals surface area contributed by atoms with E-state index in [2.05, 4.69) is 22.5 Å². The van der Waals surface area contributed by atoms with Crippen molar-refractivity contribution in [1.29, 1.82) is 0 Å². The van der Waals surface area contributed by atoms with Crippen molar-refractivity contribution >= 4 is 80.6 Å². The van der Waals surface area contributed by atoms with Crippen molar-refractivity contribution in [2.24, 2.45) is 23.7 Å². The van der Waals surface area contributed by atoms with Gasteiger partial charge in [-0.05, 0) is 54.2 Å². The highest BCUT2D eigenvalue weighted by Gasteiger charge is 2.75.